The third-order valence-corrected chi connectivity index (χ3v) is 2.75. The summed E-state index contributed by atoms with van der Waals surface area (Å²) in [6.45, 7) is 4.07. The van der Waals surface area contributed by atoms with Crippen molar-refractivity contribution in [1.82, 2.24) is 15.5 Å². The minimum atomic E-state index is -1.27. The van der Waals surface area contributed by atoms with E-state index in [2.05, 4.69) is 15.5 Å². The third kappa shape index (κ3) is 6.05. The standard InChI is InChI=1S/C11H14N4O4S/c1-6(2)5-8-14-15-11(20-8)13-10(19)12-7(16)3-4-9(17)18/h3-4,6H,5H2,1-2H3,(H,17,18)(H2,12,13,15,16,19)/b4-3+. The first kappa shape index (κ1) is 15.8. The molecular formula is C11H14N4O4S. The molecule has 0 radical (unpaired) electrons. The van der Waals surface area contributed by atoms with Gasteiger partial charge in [0, 0.05) is 18.6 Å². The van der Waals surface area contributed by atoms with Crippen LogP contribution in [0, 0.1) is 5.92 Å². The molecule has 0 aliphatic rings. The number of carboxylic acid groups (broad SMARTS) is 1. The molecule has 0 unspecified atom stereocenters. The van der Waals surface area contributed by atoms with Crippen LogP contribution in [0.1, 0.15) is 18.9 Å². The molecule has 3 amide bonds. The Morgan fingerprint density at radius 1 is 1.30 bits per heavy atom. The van der Waals surface area contributed by atoms with E-state index < -0.39 is 17.9 Å². The highest BCUT2D eigenvalue weighted by Gasteiger charge is 2.10. The van der Waals surface area contributed by atoms with Crippen LogP contribution in [0.3, 0.4) is 0 Å². The van der Waals surface area contributed by atoms with Crippen LogP contribution in [-0.2, 0) is 16.0 Å². The van der Waals surface area contributed by atoms with E-state index in [1.54, 1.807) is 0 Å². The van der Waals surface area contributed by atoms with E-state index >= 15 is 0 Å². The highest BCUT2D eigenvalue weighted by molar-refractivity contribution is 7.15. The van der Waals surface area contributed by atoms with Gasteiger partial charge in [-0.2, -0.15) is 0 Å². The summed E-state index contributed by atoms with van der Waals surface area (Å²) in [4.78, 5) is 32.7. The molecule has 0 aliphatic carbocycles. The second kappa shape index (κ2) is 7.34. The number of imide groups is 1. The number of nitrogens with zero attached hydrogens (tertiary/aromatic N) is 2. The zero-order valence-electron chi connectivity index (χ0n) is 10.9. The van der Waals surface area contributed by atoms with Crippen LogP contribution >= 0.6 is 11.3 Å². The zero-order chi connectivity index (χ0) is 15.1. The molecule has 0 spiro atoms. The number of amides is 3. The molecule has 8 nitrogen and oxygen atoms in total. The SMILES string of the molecule is CC(C)Cc1nnc(NC(=O)NC(=O)/C=C/C(=O)O)s1. The topological polar surface area (TPSA) is 121 Å². The Balaban J connectivity index is 2.48. The molecule has 1 aromatic rings. The Kier molecular flexibility index (Phi) is 5.78. The summed E-state index contributed by atoms with van der Waals surface area (Å²) in [6.07, 6.45) is 2.13. The average molecular weight is 298 g/mol. The summed E-state index contributed by atoms with van der Waals surface area (Å²) in [5.74, 6) is -1.69. The highest BCUT2D eigenvalue weighted by atomic mass is 32.1. The van der Waals surface area contributed by atoms with Gasteiger partial charge in [-0.05, 0) is 5.92 Å². The molecule has 1 heterocycles. The van der Waals surface area contributed by atoms with Gasteiger partial charge in [0.2, 0.25) is 5.13 Å². The number of hydrogen-bond donors (Lipinski definition) is 3. The Morgan fingerprint density at radius 2 is 2.00 bits per heavy atom. The van der Waals surface area contributed by atoms with Crippen molar-refractivity contribution < 1.29 is 19.5 Å². The lowest BCUT2D eigenvalue weighted by Crippen LogP contribution is -2.33. The normalized spacial score (nSPS) is 10.8. The van der Waals surface area contributed by atoms with Crippen LogP contribution in [0.2, 0.25) is 0 Å². The number of aliphatic carboxylic acids is 1. The first-order chi connectivity index (χ1) is 9.36. The first-order valence-electron chi connectivity index (χ1n) is 5.72. The fraction of sp³-hybridized carbons (Fsp3) is 0.364. The van der Waals surface area contributed by atoms with Gasteiger partial charge in [-0.3, -0.25) is 15.4 Å². The number of nitrogens with one attached hydrogen (secondary N) is 2. The van der Waals surface area contributed by atoms with E-state index in [4.69, 9.17) is 5.11 Å². The number of rotatable bonds is 5. The van der Waals surface area contributed by atoms with Gasteiger partial charge in [0.25, 0.3) is 5.91 Å². The lowest BCUT2D eigenvalue weighted by atomic mass is 10.1. The Hall–Kier alpha value is -2.29. The predicted octanol–water partition coefficient (Wildman–Crippen LogP) is 1.03. The number of anilines is 1. The molecule has 0 saturated carbocycles. The predicted molar refractivity (Wildman–Crippen MR) is 72.4 cm³/mol. The van der Waals surface area contributed by atoms with Crippen LogP contribution in [0.5, 0.6) is 0 Å². The number of hydrogen-bond acceptors (Lipinski definition) is 6. The first-order valence-corrected chi connectivity index (χ1v) is 6.54. The largest absolute Gasteiger partial charge is 0.478 e. The van der Waals surface area contributed by atoms with Crippen LogP contribution in [0.15, 0.2) is 12.2 Å². The van der Waals surface area contributed by atoms with Gasteiger partial charge in [0.05, 0.1) is 0 Å². The van der Waals surface area contributed by atoms with Gasteiger partial charge < -0.3 is 5.11 Å². The fourth-order valence-corrected chi connectivity index (χ4v) is 2.11. The molecule has 0 fully saturated rings. The van der Waals surface area contributed by atoms with Crippen molar-refractivity contribution in [3.63, 3.8) is 0 Å². The van der Waals surface area contributed by atoms with Crippen molar-refractivity contribution in [2.75, 3.05) is 5.32 Å². The van der Waals surface area contributed by atoms with E-state index in [-0.39, 0.29) is 5.13 Å². The van der Waals surface area contributed by atoms with E-state index in [0.29, 0.717) is 12.0 Å². The van der Waals surface area contributed by atoms with Crippen LogP contribution in [0.25, 0.3) is 0 Å². The zero-order valence-corrected chi connectivity index (χ0v) is 11.7. The quantitative estimate of drug-likeness (QED) is 0.698. The summed E-state index contributed by atoms with van der Waals surface area (Å²) < 4.78 is 0. The lowest BCUT2D eigenvalue weighted by molar-refractivity contribution is -0.131. The van der Waals surface area contributed by atoms with Crippen molar-refractivity contribution in [3.8, 4) is 0 Å². The Morgan fingerprint density at radius 3 is 2.60 bits per heavy atom. The van der Waals surface area contributed by atoms with Crippen molar-refractivity contribution >= 4 is 34.4 Å². The average Bonchev–Trinajstić information content (AvgIpc) is 2.72. The summed E-state index contributed by atoms with van der Waals surface area (Å²) in [5, 5.41) is 21.3. The summed E-state index contributed by atoms with van der Waals surface area (Å²) in [5.41, 5.74) is 0. The molecule has 0 aliphatic heterocycles. The molecule has 20 heavy (non-hydrogen) atoms. The third-order valence-electron chi connectivity index (χ3n) is 1.88. The molecular weight excluding hydrogens is 284 g/mol. The van der Waals surface area contributed by atoms with Crippen LogP contribution in [0.4, 0.5) is 9.93 Å². The van der Waals surface area contributed by atoms with Crippen molar-refractivity contribution in [3.05, 3.63) is 17.2 Å². The van der Waals surface area contributed by atoms with Gasteiger partial charge in [0.1, 0.15) is 5.01 Å². The molecule has 0 atom stereocenters. The number of carbonyl (C=O) groups excluding carboxylic acids is 2. The van der Waals surface area contributed by atoms with E-state index in [9.17, 15) is 14.4 Å². The minimum absolute atomic E-state index is 0.271. The number of carboxylic acids is 1. The molecule has 1 aromatic heterocycles. The maximum atomic E-state index is 11.4. The maximum absolute atomic E-state index is 11.4. The van der Waals surface area contributed by atoms with E-state index in [1.165, 1.54) is 11.3 Å². The van der Waals surface area contributed by atoms with Crippen LogP contribution < -0.4 is 10.6 Å². The summed E-state index contributed by atoms with van der Waals surface area (Å²) >= 11 is 1.22. The summed E-state index contributed by atoms with van der Waals surface area (Å²) in [7, 11) is 0. The highest BCUT2D eigenvalue weighted by Crippen LogP contribution is 2.17. The van der Waals surface area contributed by atoms with E-state index in [0.717, 1.165) is 17.5 Å². The molecule has 0 aromatic carbocycles. The number of urea groups is 1. The Bertz CT molecular complexity index is 538. The smallest absolute Gasteiger partial charge is 0.328 e. The second-order valence-electron chi connectivity index (χ2n) is 4.21. The van der Waals surface area contributed by atoms with E-state index in [1.807, 2.05) is 19.2 Å². The van der Waals surface area contributed by atoms with Gasteiger partial charge in [0.15, 0.2) is 0 Å². The van der Waals surface area contributed by atoms with Crippen molar-refractivity contribution in [1.29, 1.82) is 0 Å². The molecule has 108 valence electrons. The number of aromatic nitrogens is 2. The van der Waals surface area contributed by atoms with Gasteiger partial charge >= 0.3 is 12.0 Å². The van der Waals surface area contributed by atoms with Crippen LogP contribution in [-0.4, -0.2) is 33.2 Å². The van der Waals surface area contributed by atoms with Crippen molar-refractivity contribution in [2.45, 2.75) is 20.3 Å². The second-order valence-corrected chi connectivity index (χ2v) is 5.28. The molecule has 0 bridgehead atoms. The molecule has 1 rings (SSSR count). The Labute approximate surface area is 118 Å². The van der Waals surface area contributed by atoms with Crippen molar-refractivity contribution in [2.24, 2.45) is 5.92 Å². The van der Waals surface area contributed by atoms with Gasteiger partial charge in [-0.1, -0.05) is 25.2 Å². The molecule has 0 saturated heterocycles. The number of carbonyl (C=O) groups is 3. The lowest BCUT2D eigenvalue weighted by Gasteiger charge is -2.00. The molecule has 9 heteroatoms. The van der Waals surface area contributed by atoms with Gasteiger partial charge in [-0.25, -0.2) is 9.59 Å². The molecule has 3 N–H and O–H groups in total. The fourth-order valence-electron chi connectivity index (χ4n) is 1.16. The minimum Gasteiger partial charge on any atom is -0.478 e. The maximum Gasteiger partial charge on any atom is 0.328 e. The van der Waals surface area contributed by atoms with Gasteiger partial charge in [-0.15, -0.1) is 10.2 Å². The summed E-state index contributed by atoms with van der Waals surface area (Å²) in [6, 6.07) is -0.794. The monoisotopic (exact) mass is 298 g/mol.